The van der Waals surface area contributed by atoms with Gasteiger partial charge in [0.25, 0.3) is 5.91 Å². The molecular formula is C19H26N2O4S2. The van der Waals surface area contributed by atoms with Crippen LogP contribution in [0.4, 0.5) is 0 Å². The molecule has 0 bridgehead atoms. The number of nitrogens with zero attached hydrogens (tertiary/aromatic N) is 2. The summed E-state index contributed by atoms with van der Waals surface area (Å²) in [6.45, 7) is 4.48. The number of ether oxygens (including phenoxy) is 1. The van der Waals surface area contributed by atoms with Crippen LogP contribution in [-0.2, 0) is 21.1 Å². The second-order valence-electron chi connectivity index (χ2n) is 7.13. The molecule has 2 aliphatic heterocycles. The lowest BCUT2D eigenvalue weighted by molar-refractivity contribution is -0.121. The van der Waals surface area contributed by atoms with Crippen molar-refractivity contribution in [3.63, 3.8) is 0 Å². The quantitative estimate of drug-likeness (QED) is 0.717. The maximum atomic E-state index is 12.3. The Hall–Kier alpha value is -1.54. The Labute approximate surface area is 165 Å². The zero-order valence-corrected chi connectivity index (χ0v) is 17.6. The Morgan fingerprint density at radius 2 is 2.04 bits per heavy atom. The number of hydrogen-bond acceptors (Lipinski definition) is 5. The van der Waals surface area contributed by atoms with Crippen LogP contribution in [0, 0.1) is 5.92 Å². The Morgan fingerprint density at radius 3 is 2.67 bits per heavy atom. The van der Waals surface area contributed by atoms with Crippen LogP contribution >= 0.6 is 11.8 Å². The number of thioether (sulfide) groups is 1. The fourth-order valence-corrected chi connectivity index (χ4v) is 7.30. The number of fused-ring (bicyclic) bond motifs is 1. The second-order valence-corrected chi connectivity index (χ2v) is 10.5. The molecule has 2 fully saturated rings. The normalized spacial score (nSPS) is 26.2. The molecule has 0 radical (unpaired) electrons. The molecule has 2 saturated heterocycles. The van der Waals surface area contributed by atoms with Gasteiger partial charge in [-0.3, -0.25) is 4.79 Å². The van der Waals surface area contributed by atoms with Crippen LogP contribution in [0.15, 0.2) is 29.3 Å². The van der Waals surface area contributed by atoms with E-state index < -0.39 is 9.84 Å². The molecule has 3 atom stereocenters. The van der Waals surface area contributed by atoms with Crippen LogP contribution in [0.2, 0.25) is 0 Å². The molecule has 0 spiro atoms. The number of amidine groups is 1. The van der Waals surface area contributed by atoms with Gasteiger partial charge in [0, 0.05) is 17.7 Å². The van der Waals surface area contributed by atoms with Gasteiger partial charge in [0.2, 0.25) is 0 Å². The highest BCUT2D eigenvalue weighted by Crippen LogP contribution is 2.38. The number of hydrogen-bond donors (Lipinski definition) is 0. The number of aliphatic imine (C=N–C) groups is 1. The smallest absolute Gasteiger partial charge is 0.250 e. The summed E-state index contributed by atoms with van der Waals surface area (Å²) in [7, 11) is -1.39. The van der Waals surface area contributed by atoms with Crippen molar-refractivity contribution in [1.82, 2.24) is 4.90 Å². The third-order valence-electron chi connectivity index (χ3n) is 5.22. The van der Waals surface area contributed by atoms with Gasteiger partial charge in [-0.15, -0.1) is 0 Å². The fourth-order valence-electron chi connectivity index (χ4n) is 3.32. The predicted octanol–water partition coefficient (Wildman–Crippen LogP) is 2.38. The topological polar surface area (TPSA) is 76.0 Å². The number of sulfone groups is 1. The molecule has 0 aromatic heterocycles. The Morgan fingerprint density at radius 1 is 1.33 bits per heavy atom. The van der Waals surface area contributed by atoms with E-state index in [1.807, 2.05) is 43.0 Å². The van der Waals surface area contributed by atoms with Gasteiger partial charge in [0.15, 0.2) is 15.0 Å². The molecule has 0 saturated carbocycles. The van der Waals surface area contributed by atoms with Crippen LogP contribution in [-0.4, -0.2) is 60.8 Å². The summed E-state index contributed by atoms with van der Waals surface area (Å²) in [5, 5.41) is 0.646. The molecule has 1 aromatic rings. The molecule has 6 nitrogen and oxygen atoms in total. The maximum Gasteiger partial charge on any atom is 0.250 e. The van der Waals surface area contributed by atoms with Crippen LogP contribution in [0.25, 0.3) is 0 Å². The minimum atomic E-state index is -3.02. The van der Waals surface area contributed by atoms with E-state index in [9.17, 15) is 13.2 Å². The van der Waals surface area contributed by atoms with Gasteiger partial charge >= 0.3 is 0 Å². The molecule has 27 heavy (non-hydrogen) atoms. The first-order valence-corrected chi connectivity index (χ1v) is 11.9. The van der Waals surface area contributed by atoms with Crippen LogP contribution < -0.4 is 4.74 Å². The van der Waals surface area contributed by atoms with Gasteiger partial charge in [-0.25, -0.2) is 8.42 Å². The summed E-state index contributed by atoms with van der Waals surface area (Å²) < 4.78 is 29.3. The molecule has 148 valence electrons. The van der Waals surface area contributed by atoms with E-state index in [1.54, 1.807) is 7.11 Å². The lowest BCUT2D eigenvalue weighted by atomic mass is 10.1. The third-order valence-corrected chi connectivity index (χ3v) is 8.46. The van der Waals surface area contributed by atoms with E-state index in [4.69, 9.17) is 4.74 Å². The van der Waals surface area contributed by atoms with Crippen molar-refractivity contribution in [1.29, 1.82) is 0 Å². The summed E-state index contributed by atoms with van der Waals surface area (Å²) in [4.78, 5) is 18.7. The van der Waals surface area contributed by atoms with Crippen LogP contribution in [0.5, 0.6) is 5.75 Å². The molecule has 0 aliphatic carbocycles. The first kappa shape index (κ1) is 20.2. The standard InChI is InChI=1S/C19H26N2O4S2/c1-4-13(2)18(22)20-19-21(16-11-27(23,24)12-17(16)26-19)10-9-14-5-7-15(25-3)8-6-14/h5-8,13,16-17H,4,9-12H2,1-3H3/t13-,16-,17+/m1/s1. The fraction of sp³-hybridized carbons (Fsp3) is 0.579. The molecule has 2 aliphatic rings. The van der Waals surface area contributed by atoms with Crippen molar-refractivity contribution < 1.29 is 17.9 Å². The molecule has 1 amide bonds. The van der Waals surface area contributed by atoms with Gasteiger partial charge < -0.3 is 9.64 Å². The molecular weight excluding hydrogens is 384 g/mol. The van der Waals surface area contributed by atoms with Crippen LogP contribution in [0.3, 0.4) is 0 Å². The monoisotopic (exact) mass is 410 g/mol. The number of carbonyl (C=O) groups excluding carboxylic acids is 1. The van der Waals surface area contributed by atoms with Crippen molar-refractivity contribution in [2.45, 2.75) is 38.0 Å². The summed E-state index contributed by atoms with van der Waals surface area (Å²) >= 11 is 1.45. The van der Waals surface area contributed by atoms with Gasteiger partial charge in [-0.05, 0) is 30.5 Å². The first-order valence-electron chi connectivity index (χ1n) is 9.22. The Kier molecular flexibility index (Phi) is 6.15. The number of benzene rings is 1. The van der Waals surface area contributed by atoms with Crippen molar-refractivity contribution >= 4 is 32.7 Å². The molecule has 8 heteroatoms. The molecule has 0 N–H and O–H groups in total. The first-order chi connectivity index (χ1) is 12.8. The van der Waals surface area contributed by atoms with Gasteiger partial charge in [-0.2, -0.15) is 4.99 Å². The van der Waals surface area contributed by atoms with Crippen molar-refractivity contribution in [2.24, 2.45) is 10.9 Å². The van der Waals surface area contributed by atoms with Gasteiger partial charge in [0.1, 0.15) is 5.75 Å². The van der Waals surface area contributed by atoms with E-state index in [1.165, 1.54) is 11.8 Å². The average molecular weight is 411 g/mol. The van der Waals surface area contributed by atoms with E-state index in [0.717, 1.165) is 24.2 Å². The zero-order chi connectivity index (χ0) is 19.6. The minimum absolute atomic E-state index is 0.0330. The van der Waals surface area contributed by atoms with E-state index in [0.29, 0.717) is 11.7 Å². The molecule has 3 rings (SSSR count). The molecule has 1 aromatic carbocycles. The highest BCUT2D eigenvalue weighted by atomic mass is 32.2. The van der Waals surface area contributed by atoms with Crippen LogP contribution in [0.1, 0.15) is 25.8 Å². The number of methoxy groups -OCH3 is 1. The second kappa shape index (κ2) is 8.22. The third kappa shape index (κ3) is 4.66. The maximum absolute atomic E-state index is 12.3. The Bertz CT molecular complexity index is 821. The lowest BCUT2D eigenvalue weighted by Crippen LogP contribution is -2.39. The summed E-state index contributed by atoms with van der Waals surface area (Å²) in [5.41, 5.74) is 1.14. The highest BCUT2D eigenvalue weighted by Gasteiger charge is 2.48. The summed E-state index contributed by atoms with van der Waals surface area (Å²) in [6, 6.07) is 7.75. The van der Waals surface area contributed by atoms with E-state index >= 15 is 0 Å². The minimum Gasteiger partial charge on any atom is -0.497 e. The highest BCUT2D eigenvalue weighted by molar-refractivity contribution is 8.15. The average Bonchev–Trinajstić information content (AvgIpc) is 3.10. The Balaban J connectivity index is 1.77. The largest absolute Gasteiger partial charge is 0.497 e. The predicted molar refractivity (Wildman–Crippen MR) is 109 cm³/mol. The van der Waals surface area contributed by atoms with E-state index in [2.05, 4.69) is 4.99 Å². The zero-order valence-electron chi connectivity index (χ0n) is 15.9. The van der Waals surface area contributed by atoms with Gasteiger partial charge in [-0.1, -0.05) is 37.7 Å². The van der Waals surface area contributed by atoms with Gasteiger partial charge in [0.05, 0.1) is 24.7 Å². The summed E-state index contributed by atoms with van der Waals surface area (Å²) in [5.74, 6) is 0.865. The van der Waals surface area contributed by atoms with Crippen molar-refractivity contribution in [3.8, 4) is 5.75 Å². The van der Waals surface area contributed by atoms with E-state index in [-0.39, 0.29) is 34.6 Å². The molecule has 2 heterocycles. The number of carbonyl (C=O) groups is 1. The number of amides is 1. The molecule has 0 unspecified atom stereocenters. The van der Waals surface area contributed by atoms with Crippen molar-refractivity contribution in [3.05, 3.63) is 29.8 Å². The lowest BCUT2D eigenvalue weighted by Gasteiger charge is -2.24. The SMILES string of the molecule is CC[C@@H](C)C(=O)N=C1S[C@H]2CS(=O)(=O)C[C@H]2N1CCc1ccc(OC)cc1. The summed E-state index contributed by atoms with van der Waals surface area (Å²) in [6.07, 6.45) is 1.50. The number of rotatable bonds is 6. The van der Waals surface area contributed by atoms with Crippen molar-refractivity contribution in [2.75, 3.05) is 25.2 Å².